The Morgan fingerprint density at radius 2 is 1.63 bits per heavy atom. The van der Waals surface area contributed by atoms with Crippen LogP contribution in [0.3, 0.4) is 0 Å². The van der Waals surface area contributed by atoms with Crippen molar-refractivity contribution in [3.8, 4) is 0 Å². The highest BCUT2D eigenvalue weighted by Crippen LogP contribution is 2.31. The molecule has 0 fully saturated rings. The maximum atomic E-state index is 8.02. The van der Waals surface area contributed by atoms with Crippen molar-refractivity contribution in [1.82, 2.24) is 0 Å². The molecule has 2 aromatic carbocycles. The molecule has 0 bridgehead atoms. The van der Waals surface area contributed by atoms with Crippen LogP contribution in [0.5, 0.6) is 0 Å². The number of aryl methyl sites for hydroxylation is 1. The molecule has 0 aromatic heterocycles. The molecular weight excluding hydrogens is 244 g/mol. The Labute approximate surface area is 123 Å². The minimum Gasteiger partial charge on any atom is -0.0656 e. The van der Waals surface area contributed by atoms with Crippen LogP contribution in [0.1, 0.15) is 36.0 Å². The highest BCUT2D eigenvalue weighted by molar-refractivity contribution is 6.90. The molecule has 0 nitrogen and oxygen atoms in total. The SMILES string of the molecule is [2H]C([2H])([2H])[Si](C)(C)c1cc(C(C)(C)C)c(C)c2ccccc12. The van der Waals surface area contributed by atoms with E-state index < -0.39 is 14.5 Å². The van der Waals surface area contributed by atoms with Crippen molar-refractivity contribution in [3.63, 3.8) is 0 Å². The second-order valence-electron chi connectivity index (χ2n) is 7.02. The van der Waals surface area contributed by atoms with Gasteiger partial charge in [-0.25, -0.2) is 0 Å². The molecule has 19 heavy (non-hydrogen) atoms. The van der Waals surface area contributed by atoms with Gasteiger partial charge in [-0.1, -0.05) is 75.9 Å². The van der Waals surface area contributed by atoms with Gasteiger partial charge in [0.15, 0.2) is 0 Å². The van der Waals surface area contributed by atoms with E-state index in [4.69, 9.17) is 4.11 Å². The average molecular weight is 274 g/mol. The van der Waals surface area contributed by atoms with Crippen molar-refractivity contribution < 1.29 is 4.11 Å². The molecule has 0 saturated heterocycles. The molecule has 0 unspecified atom stereocenters. The molecule has 0 amide bonds. The lowest BCUT2D eigenvalue weighted by Crippen LogP contribution is -2.39. The Bertz CT molecular complexity index is 707. The minimum atomic E-state index is -2.58. The van der Waals surface area contributed by atoms with Gasteiger partial charge in [-0.05, 0) is 34.2 Å². The summed E-state index contributed by atoms with van der Waals surface area (Å²) in [5.74, 6) is 0. The summed E-state index contributed by atoms with van der Waals surface area (Å²) in [6.45, 7) is 10.7. The van der Waals surface area contributed by atoms with E-state index in [1.54, 1.807) is 0 Å². The second kappa shape index (κ2) is 4.48. The van der Waals surface area contributed by atoms with Crippen LogP contribution in [-0.4, -0.2) is 8.07 Å². The van der Waals surface area contributed by atoms with Gasteiger partial charge < -0.3 is 0 Å². The summed E-state index contributed by atoms with van der Waals surface area (Å²) < 4.78 is 24.1. The zero-order valence-corrected chi connectivity index (χ0v) is 13.9. The predicted octanol–water partition coefficient (Wildman–Crippen LogP) is 4.99. The van der Waals surface area contributed by atoms with Gasteiger partial charge in [-0.15, -0.1) is 0 Å². The quantitative estimate of drug-likeness (QED) is 0.642. The summed E-state index contributed by atoms with van der Waals surface area (Å²) >= 11 is 0. The molecule has 0 aliphatic rings. The lowest BCUT2D eigenvalue weighted by atomic mass is 9.82. The van der Waals surface area contributed by atoms with E-state index in [-0.39, 0.29) is 5.41 Å². The van der Waals surface area contributed by atoms with Crippen molar-refractivity contribution in [2.45, 2.75) is 52.7 Å². The van der Waals surface area contributed by atoms with E-state index in [1.807, 2.05) is 25.2 Å². The van der Waals surface area contributed by atoms with Crippen LogP contribution in [-0.2, 0) is 5.41 Å². The van der Waals surface area contributed by atoms with E-state index in [0.29, 0.717) is 0 Å². The molecular formula is C18H26Si. The molecule has 2 aromatic rings. The van der Waals surface area contributed by atoms with Gasteiger partial charge in [0.25, 0.3) is 0 Å². The number of benzene rings is 2. The molecule has 0 aliphatic carbocycles. The Kier molecular flexibility index (Phi) is 2.52. The third kappa shape index (κ3) is 2.62. The molecule has 1 heteroatoms. The summed E-state index contributed by atoms with van der Waals surface area (Å²) in [6, 6.07) is 10.4. The summed E-state index contributed by atoms with van der Waals surface area (Å²) in [5, 5.41) is 3.36. The van der Waals surface area contributed by atoms with Crippen LogP contribution in [0, 0.1) is 6.92 Å². The fraction of sp³-hybridized carbons (Fsp3) is 0.444. The van der Waals surface area contributed by atoms with Crippen molar-refractivity contribution in [2.24, 2.45) is 0 Å². The Balaban J connectivity index is 2.94. The van der Waals surface area contributed by atoms with Crippen LogP contribution in [0.25, 0.3) is 10.8 Å². The lowest BCUT2D eigenvalue weighted by molar-refractivity contribution is 0.587. The first kappa shape index (κ1) is 10.7. The standard InChI is InChI=1S/C18H26Si/c1-13-14-10-8-9-11-15(14)17(19(5,6)7)12-16(13)18(2,3)4/h8-12H,1-7H3/i5D3. The first-order chi connectivity index (χ1) is 9.87. The van der Waals surface area contributed by atoms with E-state index >= 15 is 0 Å². The van der Waals surface area contributed by atoms with Gasteiger partial charge in [0.2, 0.25) is 0 Å². The topological polar surface area (TPSA) is 0 Å². The van der Waals surface area contributed by atoms with Crippen molar-refractivity contribution in [1.29, 1.82) is 0 Å². The number of hydrogen-bond acceptors (Lipinski definition) is 0. The van der Waals surface area contributed by atoms with Gasteiger partial charge >= 0.3 is 0 Å². The Hall–Kier alpha value is -1.08. The third-order valence-electron chi connectivity index (χ3n) is 3.80. The van der Waals surface area contributed by atoms with Gasteiger partial charge in [0, 0.05) is 4.11 Å². The van der Waals surface area contributed by atoms with Gasteiger partial charge in [0.1, 0.15) is 0 Å². The van der Waals surface area contributed by atoms with E-state index in [9.17, 15) is 0 Å². The molecule has 0 spiro atoms. The Morgan fingerprint density at radius 1 is 1.05 bits per heavy atom. The largest absolute Gasteiger partial charge is 0.0784 e. The van der Waals surface area contributed by atoms with Crippen molar-refractivity contribution >= 4 is 24.0 Å². The molecule has 0 saturated carbocycles. The summed E-state index contributed by atoms with van der Waals surface area (Å²) in [7, 11) is -2.58. The van der Waals surface area contributed by atoms with Crippen LogP contribution < -0.4 is 5.19 Å². The number of hydrogen-bond donors (Lipinski definition) is 0. The van der Waals surface area contributed by atoms with Crippen molar-refractivity contribution in [3.05, 3.63) is 41.5 Å². The first-order valence-corrected chi connectivity index (χ1v) is 9.90. The highest BCUT2D eigenvalue weighted by Gasteiger charge is 2.25. The molecule has 0 N–H and O–H groups in total. The zero-order chi connectivity index (χ0) is 16.9. The highest BCUT2D eigenvalue weighted by atomic mass is 28.3. The van der Waals surface area contributed by atoms with Crippen LogP contribution in [0.15, 0.2) is 30.3 Å². The van der Waals surface area contributed by atoms with Crippen LogP contribution in [0.2, 0.25) is 19.6 Å². The normalized spacial score (nSPS) is 16.0. The fourth-order valence-corrected chi connectivity index (χ4v) is 4.21. The number of rotatable bonds is 1. The predicted molar refractivity (Wildman–Crippen MR) is 90.4 cm³/mol. The molecule has 102 valence electrons. The molecule has 0 atom stereocenters. The van der Waals surface area contributed by atoms with Gasteiger partial charge in [-0.2, -0.15) is 0 Å². The smallest absolute Gasteiger partial charge is 0.0656 e. The summed E-state index contributed by atoms with van der Waals surface area (Å²) in [4.78, 5) is 0. The number of fused-ring (bicyclic) bond motifs is 1. The monoisotopic (exact) mass is 273 g/mol. The summed E-state index contributed by atoms with van der Waals surface area (Å²) in [6.07, 6.45) is 0. The lowest BCUT2D eigenvalue weighted by Gasteiger charge is -2.28. The van der Waals surface area contributed by atoms with E-state index in [0.717, 1.165) is 10.6 Å². The third-order valence-corrected chi connectivity index (χ3v) is 5.56. The van der Waals surface area contributed by atoms with E-state index in [1.165, 1.54) is 16.5 Å². The van der Waals surface area contributed by atoms with Crippen LogP contribution >= 0.6 is 0 Å². The average Bonchev–Trinajstić information content (AvgIpc) is 2.36. The summed E-state index contributed by atoms with van der Waals surface area (Å²) in [5.41, 5.74) is 2.52. The minimum absolute atomic E-state index is 0.00207. The Morgan fingerprint density at radius 3 is 2.16 bits per heavy atom. The maximum Gasteiger partial charge on any atom is 0.0784 e. The molecule has 0 aliphatic heterocycles. The van der Waals surface area contributed by atoms with E-state index in [2.05, 4.69) is 45.9 Å². The first-order valence-electron chi connectivity index (χ1n) is 8.40. The maximum absolute atomic E-state index is 8.02. The second-order valence-corrected chi connectivity index (χ2v) is 10.8. The zero-order valence-electron chi connectivity index (χ0n) is 15.9. The van der Waals surface area contributed by atoms with Gasteiger partial charge in [0.05, 0.1) is 8.07 Å². The molecule has 0 heterocycles. The van der Waals surface area contributed by atoms with Crippen LogP contribution in [0.4, 0.5) is 0 Å². The molecule has 2 rings (SSSR count). The van der Waals surface area contributed by atoms with Crippen molar-refractivity contribution in [2.75, 3.05) is 0 Å². The van der Waals surface area contributed by atoms with Gasteiger partial charge in [-0.3, -0.25) is 0 Å². The fourth-order valence-electron chi connectivity index (χ4n) is 2.82. The molecule has 0 radical (unpaired) electrons.